The van der Waals surface area contributed by atoms with Crippen LogP contribution in [0, 0.1) is 11.3 Å². The Morgan fingerprint density at radius 3 is 2.68 bits per heavy atom. The number of hydrogen-bond acceptors (Lipinski definition) is 6. The first kappa shape index (κ1) is 17.9. The van der Waals surface area contributed by atoms with Crippen LogP contribution >= 0.6 is 0 Å². The van der Waals surface area contributed by atoms with Crippen molar-refractivity contribution in [3.63, 3.8) is 0 Å². The van der Waals surface area contributed by atoms with Gasteiger partial charge in [-0.1, -0.05) is 0 Å². The predicted molar refractivity (Wildman–Crippen MR) is 103 cm³/mol. The van der Waals surface area contributed by atoms with Gasteiger partial charge in [-0.05, 0) is 63.9 Å². The molecule has 6 nitrogen and oxygen atoms in total. The van der Waals surface area contributed by atoms with Crippen molar-refractivity contribution in [2.75, 3.05) is 12.4 Å². The maximum absolute atomic E-state index is 7.85. The van der Waals surface area contributed by atoms with Crippen molar-refractivity contribution in [3.05, 3.63) is 23.7 Å². The minimum absolute atomic E-state index is 0.0402. The molecule has 0 atom stereocenters. The van der Waals surface area contributed by atoms with Crippen molar-refractivity contribution in [3.8, 4) is 0 Å². The zero-order valence-corrected chi connectivity index (χ0v) is 15.3. The summed E-state index contributed by atoms with van der Waals surface area (Å²) in [4.78, 5) is 9.04. The van der Waals surface area contributed by atoms with Gasteiger partial charge in [-0.25, -0.2) is 9.97 Å². The summed E-state index contributed by atoms with van der Waals surface area (Å²) in [5, 5.41) is 14.6. The number of aromatic nitrogens is 2. The maximum atomic E-state index is 7.85. The largest absolute Gasteiger partial charge is 0.391 e. The number of rotatable bonds is 7. The van der Waals surface area contributed by atoms with E-state index in [9.17, 15) is 0 Å². The van der Waals surface area contributed by atoms with Gasteiger partial charge in [-0.3, -0.25) is 0 Å². The highest BCUT2D eigenvalue weighted by Crippen LogP contribution is 2.36. The first-order valence-corrected chi connectivity index (χ1v) is 9.31. The first-order valence-electron chi connectivity index (χ1n) is 9.31. The molecule has 136 valence electrons. The summed E-state index contributed by atoms with van der Waals surface area (Å²) >= 11 is 0. The molecule has 0 aliphatic heterocycles. The van der Waals surface area contributed by atoms with Gasteiger partial charge in [0.25, 0.3) is 0 Å². The second-order valence-electron chi connectivity index (χ2n) is 7.77. The third-order valence-electron chi connectivity index (χ3n) is 5.35. The van der Waals surface area contributed by atoms with E-state index >= 15 is 0 Å². The molecule has 0 bridgehead atoms. The quantitative estimate of drug-likeness (QED) is 0.571. The second kappa shape index (κ2) is 7.52. The molecule has 0 amide bonds. The summed E-state index contributed by atoms with van der Waals surface area (Å²) in [6.45, 7) is 2.13. The zero-order valence-electron chi connectivity index (χ0n) is 15.3. The van der Waals surface area contributed by atoms with Crippen molar-refractivity contribution < 1.29 is 0 Å². The molecule has 2 aliphatic rings. The third kappa shape index (κ3) is 4.78. The second-order valence-corrected chi connectivity index (χ2v) is 7.77. The van der Waals surface area contributed by atoms with E-state index in [4.69, 9.17) is 11.1 Å². The van der Waals surface area contributed by atoms with Crippen molar-refractivity contribution >= 4 is 17.7 Å². The molecule has 0 radical (unpaired) electrons. The van der Waals surface area contributed by atoms with Gasteiger partial charge in [0.05, 0.1) is 5.69 Å². The number of allylic oxidation sites excluding steroid dienone is 2. The van der Waals surface area contributed by atoms with Gasteiger partial charge in [0.15, 0.2) is 0 Å². The fraction of sp³-hybridized carbons (Fsp3) is 0.632. The Bertz CT molecular complexity index is 637. The lowest BCUT2D eigenvalue weighted by Crippen LogP contribution is -2.43. The average Bonchev–Trinajstić information content (AvgIpc) is 3.41. The van der Waals surface area contributed by atoms with E-state index in [0.29, 0.717) is 12.0 Å². The van der Waals surface area contributed by atoms with E-state index in [-0.39, 0.29) is 5.54 Å². The lowest BCUT2D eigenvalue weighted by molar-refractivity contribution is 0.305. The van der Waals surface area contributed by atoms with Gasteiger partial charge < -0.3 is 21.8 Å². The van der Waals surface area contributed by atoms with Crippen molar-refractivity contribution in [1.82, 2.24) is 15.3 Å². The summed E-state index contributed by atoms with van der Waals surface area (Å²) in [5.41, 5.74) is 8.93. The molecule has 3 rings (SSSR count). The van der Waals surface area contributed by atoms with E-state index in [0.717, 1.165) is 55.0 Å². The summed E-state index contributed by atoms with van der Waals surface area (Å²) in [6.07, 6.45) is 10.8. The number of hydrogen-bond donors (Lipinski definition) is 4. The number of nitrogens with one attached hydrogen (secondary N) is 3. The molecule has 0 unspecified atom stereocenters. The van der Waals surface area contributed by atoms with Crippen LogP contribution in [0.5, 0.6) is 0 Å². The van der Waals surface area contributed by atoms with Crippen LogP contribution in [-0.4, -0.2) is 34.8 Å². The minimum atomic E-state index is -0.0402. The first-order chi connectivity index (χ1) is 12.0. The molecule has 6 heteroatoms. The van der Waals surface area contributed by atoms with Crippen LogP contribution in [0.25, 0.3) is 5.57 Å². The molecule has 25 heavy (non-hydrogen) atoms. The molecule has 0 aromatic carbocycles. The average molecular weight is 342 g/mol. The summed E-state index contributed by atoms with van der Waals surface area (Å²) in [7, 11) is 1.92. The molecule has 0 spiro atoms. The van der Waals surface area contributed by atoms with Gasteiger partial charge in [0, 0.05) is 42.3 Å². The molecule has 1 aromatic rings. The standard InChI is InChI=1S/C19H30N6/c1-19(21)8-5-14(6-9-19)24-18-23-10-7-16(25-18)15(12-20)17(22-2)11-13-3-4-13/h7,10,12-14,20,22H,3-6,8-9,11,21H2,1-2H3,(H,23,24,25)/b17-15+,20-12?/t14-,19-. The lowest BCUT2D eigenvalue weighted by Gasteiger charge is -2.34. The van der Waals surface area contributed by atoms with Crippen LogP contribution in [0.15, 0.2) is 18.0 Å². The Hall–Kier alpha value is -1.95. The van der Waals surface area contributed by atoms with Crippen LogP contribution in [0.4, 0.5) is 5.95 Å². The Morgan fingerprint density at radius 2 is 2.08 bits per heavy atom. The van der Waals surface area contributed by atoms with Gasteiger partial charge in [-0.2, -0.15) is 0 Å². The fourth-order valence-corrected chi connectivity index (χ4v) is 3.46. The SMILES string of the molecule is CN/C(CC1CC1)=C(\C=N)c1ccnc(N[C@H]2CC[C@](C)(N)CC2)n1. The summed E-state index contributed by atoms with van der Waals surface area (Å²) < 4.78 is 0. The molecule has 2 fully saturated rings. The third-order valence-corrected chi connectivity index (χ3v) is 5.35. The highest BCUT2D eigenvalue weighted by molar-refractivity contribution is 6.08. The minimum Gasteiger partial charge on any atom is -0.391 e. The van der Waals surface area contributed by atoms with Gasteiger partial charge in [0.2, 0.25) is 5.95 Å². The van der Waals surface area contributed by atoms with E-state index in [1.54, 1.807) is 6.20 Å². The highest BCUT2D eigenvalue weighted by Gasteiger charge is 2.28. The highest BCUT2D eigenvalue weighted by atomic mass is 15.1. The van der Waals surface area contributed by atoms with Crippen LogP contribution in [0.2, 0.25) is 0 Å². The van der Waals surface area contributed by atoms with E-state index in [1.807, 2.05) is 13.1 Å². The smallest absolute Gasteiger partial charge is 0.223 e. The normalized spacial score (nSPS) is 27.4. The fourth-order valence-electron chi connectivity index (χ4n) is 3.46. The zero-order chi connectivity index (χ0) is 17.9. The van der Waals surface area contributed by atoms with Crippen molar-refractivity contribution in [2.24, 2.45) is 11.7 Å². The maximum Gasteiger partial charge on any atom is 0.223 e. The molecular weight excluding hydrogens is 312 g/mol. The van der Waals surface area contributed by atoms with Crippen LogP contribution in [0.1, 0.15) is 57.6 Å². The Balaban J connectivity index is 1.73. The summed E-state index contributed by atoms with van der Waals surface area (Å²) in [6, 6.07) is 2.25. The number of nitrogens with two attached hydrogens (primary N) is 1. The topological polar surface area (TPSA) is 99.7 Å². The number of anilines is 1. The molecule has 2 aliphatic carbocycles. The van der Waals surface area contributed by atoms with Crippen LogP contribution < -0.4 is 16.4 Å². The van der Waals surface area contributed by atoms with E-state index < -0.39 is 0 Å². The van der Waals surface area contributed by atoms with Gasteiger partial charge in [0.1, 0.15) is 0 Å². The number of nitrogens with zero attached hydrogens (tertiary/aromatic N) is 2. The Labute approximate surface area is 150 Å². The van der Waals surface area contributed by atoms with Crippen molar-refractivity contribution in [2.45, 2.75) is 63.5 Å². The molecular formula is C19H30N6. The lowest BCUT2D eigenvalue weighted by atomic mass is 9.82. The molecule has 2 saturated carbocycles. The molecule has 1 heterocycles. The van der Waals surface area contributed by atoms with Crippen LogP contribution in [-0.2, 0) is 0 Å². The Morgan fingerprint density at radius 1 is 1.36 bits per heavy atom. The van der Waals surface area contributed by atoms with Crippen molar-refractivity contribution in [1.29, 1.82) is 5.41 Å². The van der Waals surface area contributed by atoms with Crippen LogP contribution in [0.3, 0.4) is 0 Å². The summed E-state index contributed by atoms with van der Waals surface area (Å²) in [5.74, 6) is 1.40. The Kier molecular flexibility index (Phi) is 5.37. The monoisotopic (exact) mass is 342 g/mol. The van der Waals surface area contributed by atoms with Gasteiger partial charge >= 0.3 is 0 Å². The molecule has 5 N–H and O–H groups in total. The molecule has 0 saturated heterocycles. The van der Waals surface area contributed by atoms with E-state index in [1.165, 1.54) is 19.1 Å². The molecule has 1 aromatic heterocycles. The van der Waals surface area contributed by atoms with E-state index in [2.05, 4.69) is 27.5 Å². The van der Waals surface area contributed by atoms with Gasteiger partial charge in [-0.15, -0.1) is 0 Å². The predicted octanol–water partition coefficient (Wildman–Crippen LogP) is 2.93.